The van der Waals surface area contributed by atoms with Crippen LogP contribution in [0.25, 0.3) is 0 Å². The number of aryl methyl sites for hydroxylation is 1. The molecule has 2 N–H and O–H groups in total. The van der Waals surface area contributed by atoms with Crippen LogP contribution in [0.1, 0.15) is 19.0 Å². The van der Waals surface area contributed by atoms with Crippen LogP contribution in [0.4, 0.5) is 0 Å². The van der Waals surface area contributed by atoms with E-state index < -0.39 is 0 Å². The molecule has 11 heavy (non-hydrogen) atoms. The van der Waals surface area contributed by atoms with Crippen LogP contribution in [0.3, 0.4) is 0 Å². The number of nitrogens with zero attached hydrogens (tertiary/aromatic N) is 2. The fourth-order valence-electron chi connectivity index (χ4n) is 0.842. The highest BCUT2D eigenvalue weighted by molar-refractivity contribution is 4.97. The van der Waals surface area contributed by atoms with Gasteiger partial charge in [-0.15, -0.1) is 0 Å². The van der Waals surface area contributed by atoms with Crippen molar-refractivity contribution in [3.05, 3.63) is 24.3 Å². The molecule has 0 saturated heterocycles. The highest BCUT2D eigenvalue weighted by atomic mass is 14.8. The van der Waals surface area contributed by atoms with Gasteiger partial charge in [0, 0.05) is 17.9 Å². The van der Waals surface area contributed by atoms with Gasteiger partial charge in [-0.3, -0.25) is 0 Å². The van der Waals surface area contributed by atoms with Crippen molar-refractivity contribution in [2.45, 2.75) is 25.8 Å². The molecule has 0 fully saturated rings. The van der Waals surface area contributed by atoms with Crippen LogP contribution in [0.15, 0.2) is 18.6 Å². The van der Waals surface area contributed by atoms with Crippen molar-refractivity contribution in [1.29, 1.82) is 0 Å². The molecule has 1 unspecified atom stereocenters. The quantitative estimate of drug-likeness (QED) is 0.693. The lowest BCUT2D eigenvalue weighted by atomic mass is 10.1. The zero-order chi connectivity index (χ0) is 8.10. The molecule has 0 aliphatic heterocycles. The van der Waals surface area contributed by atoms with Gasteiger partial charge in [0.15, 0.2) is 0 Å². The van der Waals surface area contributed by atoms with Gasteiger partial charge >= 0.3 is 0 Å². The normalized spacial score (nSPS) is 12.9. The second kappa shape index (κ2) is 4.03. The molecule has 0 saturated carbocycles. The topological polar surface area (TPSA) is 51.8 Å². The molecule has 0 amide bonds. The van der Waals surface area contributed by atoms with E-state index in [1.165, 1.54) is 0 Å². The van der Waals surface area contributed by atoms with Crippen LogP contribution in [-0.2, 0) is 6.42 Å². The minimum Gasteiger partial charge on any atom is -0.328 e. The molecule has 1 atom stereocenters. The third-order valence-corrected chi connectivity index (χ3v) is 1.50. The number of hydrogen-bond donors (Lipinski definition) is 1. The molecular weight excluding hydrogens is 138 g/mol. The first kappa shape index (κ1) is 8.14. The second-order valence-electron chi connectivity index (χ2n) is 2.72. The van der Waals surface area contributed by atoms with E-state index in [0.717, 1.165) is 18.5 Å². The van der Waals surface area contributed by atoms with Gasteiger partial charge in [-0.2, -0.15) is 0 Å². The van der Waals surface area contributed by atoms with E-state index >= 15 is 0 Å². The first-order valence-electron chi connectivity index (χ1n) is 3.79. The summed E-state index contributed by atoms with van der Waals surface area (Å²) < 4.78 is 0. The summed E-state index contributed by atoms with van der Waals surface area (Å²) in [4.78, 5) is 7.91. The van der Waals surface area contributed by atoms with E-state index in [0.29, 0.717) is 0 Å². The molecule has 3 heteroatoms. The number of hydrogen-bond acceptors (Lipinski definition) is 3. The maximum absolute atomic E-state index is 5.60. The Kier molecular flexibility index (Phi) is 2.98. The Bertz CT molecular complexity index is 196. The lowest BCUT2D eigenvalue weighted by Gasteiger charge is -2.02. The van der Waals surface area contributed by atoms with Crippen LogP contribution in [0, 0.1) is 0 Å². The second-order valence-corrected chi connectivity index (χ2v) is 2.72. The summed E-state index contributed by atoms with van der Waals surface area (Å²) in [5.74, 6) is 0. The zero-order valence-electron chi connectivity index (χ0n) is 6.70. The predicted molar refractivity (Wildman–Crippen MR) is 44.0 cm³/mol. The zero-order valence-corrected chi connectivity index (χ0v) is 6.70. The van der Waals surface area contributed by atoms with Crippen molar-refractivity contribution in [1.82, 2.24) is 9.97 Å². The Morgan fingerprint density at radius 3 is 3.00 bits per heavy atom. The molecule has 1 aromatic heterocycles. The maximum Gasteiger partial charge on any atom is 0.115 e. The van der Waals surface area contributed by atoms with Crippen LogP contribution in [0.5, 0.6) is 0 Å². The molecule has 0 bridgehead atoms. The molecule has 0 aliphatic carbocycles. The minimum absolute atomic E-state index is 0.255. The molecule has 0 aromatic carbocycles. The van der Waals surface area contributed by atoms with Crippen LogP contribution in [-0.4, -0.2) is 16.0 Å². The van der Waals surface area contributed by atoms with Gasteiger partial charge < -0.3 is 5.73 Å². The fraction of sp³-hybridized carbons (Fsp3) is 0.500. The summed E-state index contributed by atoms with van der Waals surface area (Å²) in [7, 11) is 0. The van der Waals surface area contributed by atoms with E-state index in [1.807, 2.05) is 13.0 Å². The molecule has 1 heterocycles. The summed E-state index contributed by atoms with van der Waals surface area (Å²) in [6, 6.07) is 2.17. The Morgan fingerprint density at radius 1 is 1.64 bits per heavy atom. The minimum atomic E-state index is 0.255. The molecule has 0 aliphatic rings. The largest absolute Gasteiger partial charge is 0.328 e. The molecule has 0 spiro atoms. The number of rotatable bonds is 3. The van der Waals surface area contributed by atoms with Crippen molar-refractivity contribution in [3.8, 4) is 0 Å². The fourth-order valence-corrected chi connectivity index (χ4v) is 0.842. The SMILES string of the molecule is CC(N)CCc1ccncn1. The van der Waals surface area contributed by atoms with Gasteiger partial charge in [0.1, 0.15) is 6.33 Å². The van der Waals surface area contributed by atoms with Crippen molar-refractivity contribution >= 4 is 0 Å². The van der Waals surface area contributed by atoms with Gasteiger partial charge in [0.25, 0.3) is 0 Å². The highest BCUT2D eigenvalue weighted by Gasteiger charge is 1.96. The average Bonchev–Trinajstić information content (AvgIpc) is 2.03. The average molecular weight is 151 g/mol. The first-order chi connectivity index (χ1) is 5.29. The van der Waals surface area contributed by atoms with Gasteiger partial charge in [-0.05, 0) is 25.8 Å². The van der Waals surface area contributed by atoms with Gasteiger partial charge in [0.05, 0.1) is 0 Å². The van der Waals surface area contributed by atoms with Gasteiger partial charge in [-0.25, -0.2) is 9.97 Å². The lowest BCUT2D eigenvalue weighted by molar-refractivity contribution is 0.657. The van der Waals surface area contributed by atoms with Gasteiger partial charge in [-0.1, -0.05) is 0 Å². The first-order valence-corrected chi connectivity index (χ1v) is 3.79. The van der Waals surface area contributed by atoms with Crippen molar-refractivity contribution in [2.24, 2.45) is 5.73 Å². The van der Waals surface area contributed by atoms with E-state index in [4.69, 9.17) is 5.73 Å². The number of nitrogens with two attached hydrogens (primary N) is 1. The predicted octanol–water partition coefficient (Wildman–Crippen LogP) is 0.756. The molecule has 0 radical (unpaired) electrons. The molecular formula is C8H13N3. The van der Waals surface area contributed by atoms with Crippen LogP contribution >= 0.6 is 0 Å². The maximum atomic E-state index is 5.60. The highest BCUT2D eigenvalue weighted by Crippen LogP contribution is 1.98. The van der Waals surface area contributed by atoms with Crippen LogP contribution < -0.4 is 5.73 Å². The number of aromatic nitrogens is 2. The summed E-state index contributed by atoms with van der Waals surface area (Å²) in [6.07, 6.45) is 5.25. The van der Waals surface area contributed by atoms with E-state index in [9.17, 15) is 0 Å². The Hall–Kier alpha value is -0.960. The lowest BCUT2D eigenvalue weighted by Crippen LogP contribution is -2.15. The van der Waals surface area contributed by atoms with Crippen molar-refractivity contribution in [2.75, 3.05) is 0 Å². The monoisotopic (exact) mass is 151 g/mol. The molecule has 1 rings (SSSR count). The smallest absolute Gasteiger partial charge is 0.115 e. The Balaban J connectivity index is 2.39. The molecule has 3 nitrogen and oxygen atoms in total. The summed E-state index contributed by atoms with van der Waals surface area (Å²) in [5.41, 5.74) is 6.66. The van der Waals surface area contributed by atoms with E-state index in [1.54, 1.807) is 12.5 Å². The summed E-state index contributed by atoms with van der Waals surface area (Å²) >= 11 is 0. The summed E-state index contributed by atoms with van der Waals surface area (Å²) in [6.45, 7) is 2.00. The van der Waals surface area contributed by atoms with Crippen LogP contribution in [0.2, 0.25) is 0 Å². The standard InChI is InChI=1S/C8H13N3/c1-7(9)2-3-8-4-5-10-6-11-8/h4-7H,2-3,9H2,1H3. The third kappa shape index (κ3) is 3.09. The Labute approximate surface area is 66.7 Å². The molecule has 60 valence electrons. The van der Waals surface area contributed by atoms with E-state index in [-0.39, 0.29) is 6.04 Å². The van der Waals surface area contributed by atoms with Crippen molar-refractivity contribution in [3.63, 3.8) is 0 Å². The van der Waals surface area contributed by atoms with Crippen molar-refractivity contribution < 1.29 is 0 Å². The van der Waals surface area contributed by atoms with Gasteiger partial charge in [0.2, 0.25) is 0 Å². The third-order valence-electron chi connectivity index (χ3n) is 1.50. The van der Waals surface area contributed by atoms with E-state index in [2.05, 4.69) is 9.97 Å². The molecule has 1 aromatic rings. The summed E-state index contributed by atoms with van der Waals surface area (Å²) in [5, 5.41) is 0. The Morgan fingerprint density at radius 2 is 2.45 bits per heavy atom.